The molecule has 16 fully saturated rings. The third kappa shape index (κ3) is 14.8. The second kappa shape index (κ2) is 22.8. The average molecular weight is 1210 g/mol. The number of carbonyl (C=O) groups excluding carboxylic acids is 8. The van der Waals surface area contributed by atoms with Crippen molar-refractivity contribution in [2.45, 2.75) is 235 Å². The quantitative estimate of drug-likeness (QED) is 0.0625. The molecule has 16 aliphatic rings. The first-order valence-electron chi connectivity index (χ1n) is 29.7. The molecule has 6 atom stereocenters. The molecular formula is C62H84O24. The van der Waals surface area contributed by atoms with Crippen molar-refractivity contribution < 1.29 is 117 Å². The molecule has 16 rings (SSSR count). The van der Waals surface area contributed by atoms with Gasteiger partial charge in [0.2, 0.25) is 0 Å². The molecule has 24 heteroatoms. The topological polar surface area (TPSA) is 372 Å². The van der Waals surface area contributed by atoms with E-state index in [9.17, 15) is 79.2 Å². The van der Waals surface area contributed by atoms with E-state index < -0.39 is 135 Å². The zero-order valence-corrected chi connectivity index (χ0v) is 49.2. The number of rotatable bonds is 16. The summed E-state index contributed by atoms with van der Waals surface area (Å²) in [5.41, 5.74) is -11.2. The molecule has 0 aromatic rings. The maximum absolute atomic E-state index is 12.0. The Hall–Kier alpha value is -5.60. The van der Waals surface area contributed by atoms with Crippen LogP contribution in [0.2, 0.25) is 0 Å². The van der Waals surface area contributed by atoms with E-state index in [0.717, 1.165) is 44.3 Å². The molecule has 0 radical (unpaired) electrons. The molecule has 16 saturated carbocycles. The highest BCUT2D eigenvalue weighted by atomic mass is 16.6. The predicted molar refractivity (Wildman–Crippen MR) is 294 cm³/mol. The van der Waals surface area contributed by atoms with Gasteiger partial charge in [0.15, 0.2) is 26.4 Å². The zero-order valence-electron chi connectivity index (χ0n) is 49.2. The molecule has 8 N–H and O–H groups in total. The maximum atomic E-state index is 12.0. The monoisotopic (exact) mass is 1210 g/mol. The van der Waals surface area contributed by atoms with Crippen LogP contribution in [0.5, 0.6) is 0 Å². The van der Waals surface area contributed by atoms with Crippen LogP contribution < -0.4 is 0 Å². The largest absolute Gasteiger partial charge is 0.456 e. The normalized spacial score (nSPS) is 42.7. The number of hydrogen-bond donors (Lipinski definition) is 8. The van der Waals surface area contributed by atoms with Crippen LogP contribution in [0.15, 0.2) is 49.6 Å². The Morgan fingerprint density at radius 3 is 0.907 bits per heavy atom. The van der Waals surface area contributed by atoms with Gasteiger partial charge in [-0.15, -0.1) is 0 Å². The van der Waals surface area contributed by atoms with Crippen molar-refractivity contribution in [3.05, 3.63) is 49.6 Å². The first-order chi connectivity index (χ1) is 39.8. The predicted octanol–water partition coefficient (Wildman–Crippen LogP) is 2.61. The maximum Gasteiger partial charge on any atom is 0.344 e. The zero-order chi connectivity index (χ0) is 63.0. The van der Waals surface area contributed by atoms with E-state index in [1.165, 1.54) is 13.8 Å². The Morgan fingerprint density at radius 1 is 0.349 bits per heavy atom. The molecule has 0 spiro atoms. The van der Waals surface area contributed by atoms with Crippen LogP contribution in [0.25, 0.3) is 0 Å². The lowest BCUT2D eigenvalue weighted by Gasteiger charge is -2.64. The standard InChI is InChI=1S/C16H22O7.C16H22O6.C15H20O6.C15H20O5/c1-10(2)12(18)22-3-11(17)23-16-7-13(19)4-14(20,8-16)6-15(21,5-13)9-16;1-10(2)13(18)21-6-12(17)22-16-5-11-3-14(19,8-16)7-15(20,4-11)9-16;1-2-11(16)20-6-12(17)21-15-5-10-3-13(18,8-15)7-14(19,4-10)9-15;1-2-12(16)19-8-13(17)20-15-6-10-3-11(7-15)5-14(18,4-10)9-15/h19-21H,1,3-9H2,2H3;11,19-20H,1,3-9H2,2H3;2,10,18-19H,1,3-9H2;2,10-11,18H,1,3-9H2. The first kappa shape index (κ1) is 64.9. The second-order valence-electron chi connectivity index (χ2n) is 28.8. The van der Waals surface area contributed by atoms with Crippen molar-refractivity contribution in [3.63, 3.8) is 0 Å². The van der Waals surface area contributed by atoms with Gasteiger partial charge in [-0.2, -0.15) is 0 Å². The molecule has 0 amide bonds. The van der Waals surface area contributed by atoms with E-state index in [-0.39, 0.29) is 68.1 Å². The summed E-state index contributed by atoms with van der Waals surface area (Å²) in [6, 6.07) is 0. The van der Waals surface area contributed by atoms with E-state index in [2.05, 4.69) is 31.1 Å². The van der Waals surface area contributed by atoms with Crippen LogP contribution in [-0.2, 0) is 76.3 Å². The minimum Gasteiger partial charge on any atom is -0.456 e. The van der Waals surface area contributed by atoms with E-state index in [0.29, 0.717) is 95.3 Å². The summed E-state index contributed by atoms with van der Waals surface area (Å²) in [6.07, 6.45) is 14.0. The Morgan fingerprint density at radius 2 is 0.605 bits per heavy atom. The summed E-state index contributed by atoms with van der Waals surface area (Å²) < 4.78 is 41.0. The Balaban J connectivity index is 0.000000137. The van der Waals surface area contributed by atoms with Gasteiger partial charge in [0.1, 0.15) is 22.4 Å². The number of ether oxygens (including phenoxy) is 8. The molecule has 16 bridgehead atoms. The van der Waals surface area contributed by atoms with Gasteiger partial charge in [-0.05, 0) is 108 Å². The highest BCUT2D eigenvalue weighted by Gasteiger charge is 2.70. The first-order valence-corrected chi connectivity index (χ1v) is 29.7. The Bertz CT molecular complexity index is 2710. The van der Waals surface area contributed by atoms with E-state index >= 15 is 0 Å². The van der Waals surface area contributed by atoms with Crippen molar-refractivity contribution in [1.29, 1.82) is 0 Å². The van der Waals surface area contributed by atoms with Crippen LogP contribution in [0.3, 0.4) is 0 Å². The van der Waals surface area contributed by atoms with Crippen LogP contribution in [0, 0.1) is 23.7 Å². The average Bonchev–Trinajstić information content (AvgIpc) is 0.889. The highest BCUT2D eigenvalue weighted by Crippen LogP contribution is 2.64. The van der Waals surface area contributed by atoms with Crippen molar-refractivity contribution in [2.24, 2.45) is 23.7 Å². The number of esters is 8. The van der Waals surface area contributed by atoms with Gasteiger partial charge in [-0.1, -0.05) is 26.3 Å². The highest BCUT2D eigenvalue weighted by molar-refractivity contribution is 5.89. The fourth-order valence-electron chi connectivity index (χ4n) is 19.4. The van der Waals surface area contributed by atoms with Crippen molar-refractivity contribution in [1.82, 2.24) is 0 Å². The molecule has 6 unspecified atom stereocenters. The molecular weight excluding hydrogens is 1130 g/mol. The van der Waals surface area contributed by atoms with Gasteiger partial charge in [-0.25, -0.2) is 38.4 Å². The summed E-state index contributed by atoms with van der Waals surface area (Å²) in [6.45, 7) is 14.4. The molecule has 0 saturated heterocycles. The minimum absolute atomic E-state index is 0.164. The lowest BCUT2D eigenvalue weighted by Crippen LogP contribution is -2.72. The summed E-state index contributed by atoms with van der Waals surface area (Å²) in [4.78, 5) is 92.2. The van der Waals surface area contributed by atoms with Gasteiger partial charge in [0.25, 0.3) is 0 Å². The molecule has 0 heterocycles. The van der Waals surface area contributed by atoms with E-state index in [1.807, 2.05) is 0 Å². The smallest absolute Gasteiger partial charge is 0.344 e. The summed E-state index contributed by atoms with van der Waals surface area (Å²) in [7, 11) is 0. The van der Waals surface area contributed by atoms with Gasteiger partial charge < -0.3 is 78.7 Å². The van der Waals surface area contributed by atoms with E-state index in [4.69, 9.17) is 33.2 Å². The Kier molecular flexibility index (Phi) is 17.2. The van der Waals surface area contributed by atoms with Gasteiger partial charge in [0.05, 0.1) is 44.8 Å². The third-order valence-electron chi connectivity index (χ3n) is 19.5. The lowest BCUT2D eigenvalue weighted by molar-refractivity contribution is -0.301. The minimum atomic E-state index is -1.24. The molecule has 86 heavy (non-hydrogen) atoms. The van der Waals surface area contributed by atoms with Gasteiger partial charge in [-0.3, -0.25) is 0 Å². The van der Waals surface area contributed by atoms with Gasteiger partial charge >= 0.3 is 47.8 Å². The Labute approximate surface area is 498 Å². The summed E-state index contributed by atoms with van der Waals surface area (Å²) in [5, 5.41) is 84.6. The van der Waals surface area contributed by atoms with Crippen LogP contribution >= 0.6 is 0 Å². The summed E-state index contributed by atoms with van der Waals surface area (Å²) in [5.74, 6) is -4.03. The van der Waals surface area contributed by atoms with Crippen molar-refractivity contribution in [3.8, 4) is 0 Å². The fourth-order valence-corrected chi connectivity index (χ4v) is 19.4. The van der Waals surface area contributed by atoms with Crippen LogP contribution in [0.1, 0.15) is 168 Å². The second-order valence-corrected chi connectivity index (χ2v) is 28.8. The number of hydrogen-bond acceptors (Lipinski definition) is 24. The fraction of sp³-hybridized carbons (Fsp3) is 0.742. The third-order valence-corrected chi connectivity index (χ3v) is 19.5. The number of aliphatic hydroxyl groups is 8. The van der Waals surface area contributed by atoms with Crippen LogP contribution in [0.4, 0.5) is 0 Å². The molecule has 0 aromatic heterocycles. The van der Waals surface area contributed by atoms with Crippen molar-refractivity contribution >= 4 is 47.8 Å². The molecule has 476 valence electrons. The van der Waals surface area contributed by atoms with E-state index in [1.54, 1.807) is 0 Å². The van der Waals surface area contributed by atoms with Crippen LogP contribution in [-0.4, -0.2) is 182 Å². The molecule has 0 aromatic carbocycles. The van der Waals surface area contributed by atoms with Crippen molar-refractivity contribution in [2.75, 3.05) is 26.4 Å². The number of carbonyl (C=O) groups is 8. The van der Waals surface area contributed by atoms with Gasteiger partial charge in [0, 0.05) is 107 Å². The molecule has 16 aliphatic carbocycles. The lowest BCUT2D eigenvalue weighted by atomic mass is 9.48. The summed E-state index contributed by atoms with van der Waals surface area (Å²) >= 11 is 0. The molecule has 24 nitrogen and oxygen atoms in total. The molecule has 0 aliphatic heterocycles. The SMILES string of the molecule is C=C(C)C(=O)OCC(=O)OC12CC3(O)CC(O)(CC(O)(C3)C1)C2.C=C(C)C(=O)OCC(=O)OC12CC3CC(O)(CC(O)(C3)C1)C2.C=CC(=O)OCC(=O)OC12CC3CC(CC(O)(C3)C1)C2.C=CC(=O)OCC(=O)OC12CC3CC(O)(CC(O)(C3)C1)C2.